The number of piperidine rings is 1. The average molecular weight is 322 g/mol. The van der Waals surface area contributed by atoms with E-state index in [9.17, 15) is 9.90 Å². The zero-order valence-electron chi connectivity index (χ0n) is 13.2. The lowest BCUT2D eigenvalue weighted by molar-refractivity contribution is -0.0355. The van der Waals surface area contributed by atoms with E-state index in [0.717, 1.165) is 17.7 Å². The molecule has 3 atom stereocenters. The number of amides is 1. The van der Waals surface area contributed by atoms with Crippen molar-refractivity contribution in [1.82, 2.24) is 10.3 Å². The summed E-state index contributed by atoms with van der Waals surface area (Å²) in [7, 11) is 0. The van der Waals surface area contributed by atoms with E-state index >= 15 is 0 Å². The van der Waals surface area contributed by atoms with Crippen LogP contribution in [-0.4, -0.2) is 52.6 Å². The van der Waals surface area contributed by atoms with Crippen molar-refractivity contribution in [3.63, 3.8) is 0 Å². The number of hydrogen-bond acceptors (Lipinski definition) is 6. The molecule has 1 saturated heterocycles. The molecule has 1 aromatic heterocycles. The van der Waals surface area contributed by atoms with Gasteiger partial charge in [0, 0.05) is 31.0 Å². The first-order valence-electron chi connectivity index (χ1n) is 7.67. The number of carboxylic acid groups (broad SMARTS) is 1. The van der Waals surface area contributed by atoms with E-state index in [0.29, 0.717) is 31.3 Å². The van der Waals surface area contributed by atoms with Crippen molar-refractivity contribution in [3.8, 4) is 5.88 Å². The quantitative estimate of drug-likeness (QED) is 0.623. The molecule has 126 valence electrons. The number of hydrogen-bond donors (Lipinski definition) is 4. The summed E-state index contributed by atoms with van der Waals surface area (Å²) in [5.41, 5.74) is 7.33. The van der Waals surface area contributed by atoms with Crippen molar-refractivity contribution in [2.75, 3.05) is 30.3 Å². The Morgan fingerprint density at radius 1 is 1.57 bits per heavy atom. The van der Waals surface area contributed by atoms with Gasteiger partial charge in [-0.2, -0.15) is 0 Å². The fraction of sp³-hybridized carbons (Fsp3) is 0.600. The van der Waals surface area contributed by atoms with E-state index in [-0.39, 0.29) is 5.92 Å². The predicted molar refractivity (Wildman–Crippen MR) is 84.8 cm³/mol. The summed E-state index contributed by atoms with van der Waals surface area (Å²) in [6.45, 7) is 5.04. The average Bonchev–Trinajstić information content (AvgIpc) is 2.92. The fourth-order valence-corrected chi connectivity index (χ4v) is 3.38. The Kier molecular flexibility index (Phi) is 3.71. The van der Waals surface area contributed by atoms with Crippen molar-refractivity contribution in [2.24, 2.45) is 5.92 Å². The molecule has 2 aliphatic heterocycles. The summed E-state index contributed by atoms with van der Waals surface area (Å²) in [5, 5.41) is 22.1. The van der Waals surface area contributed by atoms with E-state index < -0.39 is 17.7 Å². The molecule has 0 saturated carbocycles. The lowest BCUT2D eigenvalue weighted by atomic mass is 9.79. The highest BCUT2D eigenvalue weighted by Crippen LogP contribution is 2.40. The molecule has 3 heterocycles. The number of aliphatic hydroxyl groups is 1. The highest BCUT2D eigenvalue weighted by molar-refractivity contribution is 5.74. The molecular weight excluding hydrogens is 300 g/mol. The van der Waals surface area contributed by atoms with Crippen LogP contribution in [0.2, 0.25) is 0 Å². The molecule has 1 aromatic rings. The minimum Gasteiger partial charge on any atom is -0.477 e. The Labute approximate surface area is 134 Å². The van der Waals surface area contributed by atoms with Crippen molar-refractivity contribution in [2.45, 2.75) is 31.9 Å². The van der Waals surface area contributed by atoms with Gasteiger partial charge in [0.1, 0.15) is 0 Å². The molecule has 8 heteroatoms. The van der Waals surface area contributed by atoms with E-state index in [2.05, 4.69) is 10.3 Å². The number of nitrogens with two attached hydrogens (primary N) is 1. The molecule has 0 unspecified atom stereocenters. The highest BCUT2D eigenvalue weighted by Gasteiger charge is 2.45. The number of fused-ring (bicyclic) bond motifs is 1. The molecule has 1 fully saturated rings. The Bertz CT molecular complexity index is 634. The van der Waals surface area contributed by atoms with Crippen molar-refractivity contribution < 1.29 is 19.7 Å². The van der Waals surface area contributed by atoms with Crippen LogP contribution in [0.25, 0.3) is 0 Å². The molecule has 0 aromatic carbocycles. The molecule has 2 aliphatic rings. The fourth-order valence-electron chi connectivity index (χ4n) is 3.38. The van der Waals surface area contributed by atoms with Crippen LogP contribution in [0.4, 0.5) is 16.2 Å². The molecule has 5 N–H and O–H groups in total. The third kappa shape index (κ3) is 2.63. The third-order valence-electron chi connectivity index (χ3n) is 4.94. The first kappa shape index (κ1) is 15.7. The normalized spacial score (nSPS) is 29.8. The Morgan fingerprint density at radius 3 is 3.00 bits per heavy atom. The zero-order chi connectivity index (χ0) is 16.8. The van der Waals surface area contributed by atoms with Gasteiger partial charge in [-0.05, 0) is 6.92 Å². The summed E-state index contributed by atoms with van der Waals surface area (Å²) in [5.74, 6) is 0.445. The summed E-state index contributed by atoms with van der Waals surface area (Å²) < 4.78 is 5.49. The van der Waals surface area contributed by atoms with Gasteiger partial charge in [-0.1, -0.05) is 6.92 Å². The maximum absolute atomic E-state index is 11.1. The number of nitrogens with zero attached hydrogens (tertiary/aromatic N) is 2. The van der Waals surface area contributed by atoms with Crippen LogP contribution in [-0.2, 0) is 6.42 Å². The standard InChI is InChI=1S/C15H22N4O4/c1-8-6-19(7-11(15(8,2)22)18-14(20)21)12-9-3-4-23-13(9)17-5-10(12)16/h5,8,11,18,22H,3-4,6-7,16H2,1-2H3,(H,20,21)/t8-,11+,15-/m0/s1. The van der Waals surface area contributed by atoms with Crippen LogP contribution in [0.1, 0.15) is 19.4 Å². The number of pyridine rings is 1. The van der Waals surface area contributed by atoms with Gasteiger partial charge >= 0.3 is 6.09 Å². The highest BCUT2D eigenvalue weighted by atomic mass is 16.5. The van der Waals surface area contributed by atoms with Gasteiger partial charge in [0.05, 0.1) is 35.8 Å². The Balaban J connectivity index is 1.96. The number of nitrogens with one attached hydrogen (secondary N) is 1. The van der Waals surface area contributed by atoms with E-state index in [4.69, 9.17) is 15.6 Å². The lowest BCUT2D eigenvalue weighted by Gasteiger charge is -2.48. The van der Waals surface area contributed by atoms with Crippen LogP contribution in [0.3, 0.4) is 0 Å². The molecular formula is C15H22N4O4. The second kappa shape index (κ2) is 5.45. The van der Waals surface area contributed by atoms with Gasteiger partial charge < -0.3 is 30.9 Å². The van der Waals surface area contributed by atoms with Gasteiger partial charge in [-0.15, -0.1) is 0 Å². The second-order valence-electron chi connectivity index (χ2n) is 6.48. The number of aromatic nitrogens is 1. The third-order valence-corrected chi connectivity index (χ3v) is 4.94. The molecule has 0 bridgehead atoms. The minimum absolute atomic E-state index is 0.140. The first-order valence-corrected chi connectivity index (χ1v) is 7.67. The molecule has 23 heavy (non-hydrogen) atoms. The number of ether oxygens (including phenoxy) is 1. The SMILES string of the molecule is C[C@H]1CN(c2c(N)cnc3c2CCO3)C[C@@H](NC(=O)O)[C@@]1(C)O. The maximum Gasteiger partial charge on any atom is 0.405 e. The summed E-state index contributed by atoms with van der Waals surface area (Å²) in [4.78, 5) is 17.3. The summed E-state index contributed by atoms with van der Waals surface area (Å²) in [6, 6.07) is -0.616. The molecule has 1 amide bonds. The van der Waals surface area contributed by atoms with Crippen LogP contribution >= 0.6 is 0 Å². The molecule has 3 rings (SSSR count). The summed E-state index contributed by atoms with van der Waals surface area (Å²) >= 11 is 0. The second-order valence-corrected chi connectivity index (χ2v) is 6.48. The molecule has 8 nitrogen and oxygen atoms in total. The molecule has 0 aliphatic carbocycles. The van der Waals surface area contributed by atoms with Gasteiger partial charge in [0.25, 0.3) is 0 Å². The van der Waals surface area contributed by atoms with Crippen LogP contribution in [0.5, 0.6) is 5.88 Å². The number of carbonyl (C=O) groups is 1. The first-order chi connectivity index (χ1) is 10.8. The van der Waals surface area contributed by atoms with Crippen molar-refractivity contribution >= 4 is 17.5 Å². The predicted octanol–water partition coefficient (Wildman–Crippen LogP) is 0.442. The van der Waals surface area contributed by atoms with Gasteiger partial charge in [0.2, 0.25) is 5.88 Å². The Hall–Kier alpha value is -2.22. The zero-order valence-corrected chi connectivity index (χ0v) is 13.2. The van der Waals surface area contributed by atoms with Crippen LogP contribution < -0.4 is 20.7 Å². The molecule has 0 spiro atoms. The van der Waals surface area contributed by atoms with Crippen molar-refractivity contribution in [1.29, 1.82) is 0 Å². The summed E-state index contributed by atoms with van der Waals surface area (Å²) in [6.07, 6.45) is 1.14. The van der Waals surface area contributed by atoms with Crippen LogP contribution in [0.15, 0.2) is 6.20 Å². The smallest absolute Gasteiger partial charge is 0.405 e. The molecule has 0 radical (unpaired) electrons. The van der Waals surface area contributed by atoms with E-state index in [1.54, 1.807) is 13.1 Å². The van der Waals surface area contributed by atoms with Crippen molar-refractivity contribution in [3.05, 3.63) is 11.8 Å². The number of anilines is 2. The maximum atomic E-state index is 11.1. The minimum atomic E-state index is -1.15. The van der Waals surface area contributed by atoms with Gasteiger partial charge in [-0.25, -0.2) is 9.78 Å². The lowest BCUT2D eigenvalue weighted by Crippen LogP contribution is -2.65. The number of nitrogen functional groups attached to an aromatic ring is 1. The van der Waals surface area contributed by atoms with E-state index in [1.807, 2.05) is 11.8 Å². The Morgan fingerprint density at radius 2 is 2.30 bits per heavy atom. The van der Waals surface area contributed by atoms with E-state index in [1.165, 1.54) is 0 Å². The number of rotatable bonds is 2. The van der Waals surface area contributed by atoms with Gasteiger partial charge in [-0.3, -0.25) is 0 Å². The monoisotopic (exact) mass is 322 g/mol. The van der Waals surface area contributed by atoms with Gasteiger partial charge in [0.15, 0.2) is 0 Å². The van der Waals surface area contributed by atoms with Crippen LogP contribution in [0, 0.1) is 5.92 Å². The largest absolute Gasteiger partial charge is 0.477 e. The topological polar surface area (TPSA) is 121 Å².